The van der Waals surface area contributed by atoms with Gasteiger partial charge in [0.1, 0.15) is 0 Å². The van der Waals surface area contributed by atoms with E-state index >= 15 is 0 Å². The van der Waals surface area contributed by atoms with Crippen LogP contribution in [-0.2, 0) is 6.54 Å². The van der Waals surface area contributed by atoms with Crippen LogP contribution in [0.5, 0.6) is 0 Å². The number of aryl methyl sites for hydroxylation is 1. The van der Waals surface area contributed by atoms with Gasteiger partial charge in [0.2, 0.25) is 0 Å². The fourth-order valence-electron chi connectivity index (χ4n) is 1.03. The highest BCUT2D eigenvalue weighted by molar-refractivity contribution is 9.10. The monoisotopic (exact) mass is 284 g/mol. The van der Waals surface area contributed by atoms with Crippen molar-refractivity contribution < 1.29 is 0 Å². The summed E-state index contributed by atoms with van der Waals surface area (Å²) in [6, 6.07) is 0. The average Bonchev–Trinajstić information content (AvgIpc) is 2.45. The number of nitrogens with zero attached hydrogens (tertiary/aromatic N) is 2. The topological polar surface area (TPSA) is 17.8 Å². The predicted molar refractivity (Wildman–Crippen MR) is 59.7 cm³/mol. The highest BCUT2D eigenvalue weighted by Crippen LogP contribution is 2.14. The van der Waals surface area contributed by atoms with Crippen molar-refractivity contribution in [1.82, 2.24) is 9.78 Å². The summed E-state index contributed by atoms with van der Waals surface area (Å²) in [5, 5.41) is 4.76. The van der Waals surface area contributed by atoms with Crippen molar-refractivity contribution >= 4 is 39.1 Å². The van der Waals surface area contributed by atoms with Crippen molar-refractivity contribution in [3.63, 3.8) is 0 Å². The zero-order valence-electron chi connectivity index (χ0n) is 7.09. The summed E-state index contributed by atoms with van der Waals surface area (Å²) in [5.41, 5.74) is 0. The highest BCUT2D eigenvalue weighted by atomic mass is 79.9. The lowest BCUT2D eigenvalue weighted by atomic mass is 10.2. The molecule has 0 amide bonds. The molecule has 0 aromatic carbocycles. The van der Waals surface area contributed by atoms with E-state index in [0.29, 0.717) is 5.02 Å². The second kappa shape index (κ2) is 5.89. The zero-order chi connectivity index (χ0) is 9.68. The third-order valence-electron chi connectivity index (χ3n) is 1.66. The fourth-order valence-corrected chi connectivity index (χ4v) is 1.67. The van der Waals surface area contributed by atoms with Gasteiger partial charge >= 0.3 is 0 Å². The van der Waals surface area contributed by atoms with Crippen LogP contribution >= 0.6 is 39.1 Å². The van der Waals surface area contributed by atoms with Crippen molar-refractivity contribution in [2.45, 2.75) is 30.1 Å². The molecule has 0 N–H and O–H groups in total. The first-order valence-corrected chi connectivity index (χ1v) is 5.87. The van der Waals surface area contributed by atoms with Gasteiger partial charge in [-0.25, -0.2) is 0 Å². The summed E-state index contributed by atoms with van der Waals surface area (Å²) in [6.07, 6.45) is 6.63. The van der Waals surface area contributed by atoms with Gasteiger partial charge < -0.3 is 0 Å². The summed E-state index contributed by atoms with van der Waals surface area (Å²) in [6.45, 7) is 0.906. The maximum Gasteiger partial charge on any atom is 0.0886 e. The minimum absolute atomic E-state index is 0.0914. The van der Waals surface area contributed by atoms with Gasteiger partial charge in [-0.2, -0.15) is 5.10 Å². The quantitative estimate of drug-likeness (QED) is 0.596. The first-order chi connectivity index (χ1) is 6.18. The molecule has 0 aliphatic rings. The molecule has 1 unspecified atom stereocenters. The van der Waals surface area contributed by atoms with Gasteiger partial charge in [0, 0.05) is 12.7 Å². The first-order valence-electron chi connectivity index (χ1n) is 4.14. The average molecular weight is 286 g/mol. The molecule has 1 rings (SSSR count). The third kappa shape index (κ3) is 4.89. The summed E-state index contributed by atoms with van der Waals surface area (Å²) in [4.78, 5) is 0. The van der Waals surface area contributed by atoms with Crippen LogP contribution in [0.25, 0.3) is 0 Å². The number of hydrogen-bond acceptors (Lipinski definition) is 1. The van der Waals surface area contributed by atoms with E-state index in [1.807, 2.05) is 10.9 Å². The van der Waals surface area contributed by atoms with Crippen molar-refractivity contribution in [1.29, 1.82) is 0 Å². The Bertz CT molecular complexity index is 250. The normalized spacial score (nSPS) is 13.2. The van der Waals surface area contributed by atoms with Gasteiger partial charge in [0.15, 0.2) is 0 Å². The maximum absolute atomic E-state index is 5.74. The molecule has 5 heteroatoms. The predicted octanol–water partition coefficient (Wildman–Crippen LogP) is 3.67. The fraction of sp³-hybridized carbons (Fsp3) is 0.625. The standard InChI is InChI=1S/C8H11BrCl2N2/c9-8(11)3-1-2-4-13-6-7(10)5-12-13/h5-6,8H,1-4H2. The van der Waals surface area contributed by atoms with Gasteiger partial charge in [-0.3, -0.25) is 4.68 Å². The van der Waals surface area contributed by atoms with Crippen LogP contribution in [0.1, 0.15) is 19.3 Å². The molecular weight excluding hydrogens is 275 g/mol. The van der Waals surface area contributed by atoms with Gasteiger partial charge in [-0.1, -0.05) is 27.5 Å². The summed E-state index contributed by atoms with van der Waals surface area (Å²) in [7, 11) is 0. The van der Waals surface area contributed by atoms with E-state index in [1.165, 1.54) is 0 Å². The first kappa shape index (κ1) is 11.3. The molecular formula is C8H11BrCl2N2. The van der Waals surface area contributed by atoms with Gasteiger partial charge in [-0.15, -0.1) is 11.6 Å². The lowest BCUT2D eigenvalue weighted by Crippen LogP contribution is -1.98. The summed E-state index contributed by atoms with van der Waals surface area (Å²) in [5.74, 6) is 0. The Morgan fingerprint density at radius 2 is 2.31 bits per heavy atom. The lowest BCUT2D eigenvalue weighted by Gasteiger charge is -2.01. The Labute approximate surface area is 96.3 Å². The molecule has 0 radical (unpaired) electrons. The summed E-state index contributed by atoms with van der Waals surface area (Å²) < 4.78 is 1.94. The maximum atomic E-state index is 5.74. The van der Waals surface area contributed by atoms with Crippen LogP contribution < -0.4 is 0 Å². The van der Waals surface area contributed by atoms with E-state index in [2.05, 4.69) is 21.0 Å². The third-order valence-corrected chi connectivity index (χ3v) is 2.53. The minimum Gasteiger partial charge on any atom is -0.271 e. The molecule has 1 aromatic rings. The molecule has 0 aliphatic carbocycles. The molecule has 1 aromatic heterocycles. The van der Waals surface area contributed by atoms with Crippen molar-refractivity contribution in [3.05, 3.63) is 17.4 Å². The number of unbranched alkanes of at least 4 members (excludes halogenated alkanes) is 1. The second-order valence-corrected chi connectivity index (χ2v) is 5.40. The molecule has 2 nitrogen and oxygen atoms in total. The Morgan fingerprint density at radius 3 is 2.85 bits per heavy atom. The zero-order valence-corrected chi connectivity index (χ0v) is 10.2. The van der Waals surface area contributed by atoms with Crippen LogP contribution in [0.2, 0.25) is 5.02 Å². The van der Waals surface area contributed by atoms with E-state index in [4.69, 9.17) is 23.2 Å². The van der Waals surface area contributed by atoms with Gasteiger partial charge in [-0.05, 0) is 19.3 Å². The van der Waals surface area contributed by atoms with Crippen LogP contribution in [0.15, 0.2) is 12.4 Å². The molecule has 0 spiro atoms. The molecule has 1 heterocycles. The highest BCUT2D eigenvalue weighted by Gasteiger charge is 1.99. The Hall–Kier alpha value is 0.270. The molecule has 0 fully saturated rings. The van der Waals surface area contributed by atoms with E-state index in [0.717, 1.165) is 25.8 Å². The number of alkyl halides is 2. The Kier molecular flexibility index (Phi) is 5.14. The number of hydrogen-bond donors (Lipinski definition) is 0. The van der Waals surface area contributed by atoms with Crippen LogP contribution in [0.4, 0.5) is 0 Å². The number of aromatic nitrogens is 2. The van der Waals surface area contributed by atoms with E-state index in [-0.39, 0.29) is 4.29 Å². The Morgan fingerprint density at radius 1 is 1.54 bits per heavy atom. The molecule has 0 bridgehead atoms. The van der Waals surface area contributed by atoms with Crippen LogP contribution in [0, 0.1) is 0 Å². The van der Waals surface area contributed by atoms with Crippen LogP contribution in [-0.4, -0.2) is 14.1 Å². The van der Waals surface area contributed by atoms with Gasteiger partial charge in [0.05, 0.1) is 15.5 Å². The smallest absolute Gasteiger partial charge is 0.0886 e. The molecule has 0 saturated carbocycles. The van der Waals surface area contributed by atoms with Crippen molar-refractivity contribution in [3.8, 4) is 0 Å². The van der Waals surface area contributed by atoms with Crippen molar-refractivity contribution in [2.24, 2.45) is 0 Å². The SMILES string of the molecule is Clc1cnn(CCCCC(Cl)Br)c1. The largest absolute Gasteiger partial charge is 0.271 e. The van der Waals surface area contributed by atoms with Crippen molar-refractivity contribution in [2.75, 3.05) is 0 Å². The van der Waals surface area contributed by atoms with E-state index < -0.39 is 0 Å². The van der Waals surface area contributed by atoms with E-state index in [9.17, 15) is 0 Å². The molecule has 1 atom stereocenters. The molecule has 74 valence electrons. The number of rotatable bonds is 5. The molecule has 0 saturated heterocycles. The second-order valence-electron chi connectivity index (χ2n) is 2.81. The Balaban J connectivity index is 2.13. The van der Waals surface area contributed by atoms with Crippen LogP contribution in [0.3, 0.4) is 0 Å². The molecule has 13 heavy (non-hydrogen) atoms. The number of halogens is 3. The molecule has 0 aliphatic heterocycles. The minimum atomic E-state index is 0.0914. The van der Waals surface area contributed by atoms with Gasteiger partial charge in [0.25, 0.3) is 0 Å². The lowest BCUT2D eigenvalue weighted by molar-refractivity contribution is 0.552. The van der Waals surface area contributed by atoms with E-state index in [1.54, 1.807) is 6.20 Å². The summed E-state index contributed by atoms with van der Waals surface area (Å²) >= 11 is 14.7.